The molecule has 1 N–H and O–H groups in total. The first-order valence-electron chi connectivity index (χ1n) is 8.88. The summed E-state index contributed by atoms with van der Waals surface area (Å²) in [4.78, 5) is 0. The van der Waals surface area contributed by atoms with E-state index >= 15 is 0 Å². The van der Waals surface area contributed by atoms with Gasteiger partial charge in [-0.3, -0.25) is 0 Å². The molecule has 134 valence electrons. The lowest BCUT2D eigenvalue weighted by molar-refractivity contribution is -0.0939. The highest BCUT2D eigenvalue weighted by Gasteiger charge is 2.16. The Morgan fingerprint density at radius 1 is 0.864 bits per heavy atom. The Kier molecular flexibility index (Phi) is 13.2. The highest BCUT2D eigenvalue weighted by Crippen LogP contribution is 2.16. The molecule has 4 unspecified atom stereocenters. The van der Waals surface area contributed by atoms with Gasteiger partial charge in [0.15, 0.2) is 0 Å². The quantitative estimate of drug-likeness (QED) is 0.529. The van der Waals surface area contributed by atoms with Crippen molar-refractivity contribution < 1.29 is 19.3 Å². The minimum atomic E-state index is -0.135. The standard InChI is InChI=1S/C18H38O4/c1-7-8-9-18(10-14(2)3)22-17(6)13-21-16(5)12-20-15(4)11-19/h14-19H,7-13H2,1-6H3. The Labute approximate surface area is 137 Å². The first-order chi connectivity index (χ1) is 10.4. The SMILES string of the molecule is CCCCC(CC(C)C)OC(C)COC(C)COC(C)CO. The van der Waals surface area contributed by atoms with Crippen molar-refractivity contribution in [2.24, 2.45) is 5.92 Å². The molecule has 0 saturated carbocycles. The zero-order valence-electron chi connectivity index (χ0n) is 15.5. The number of hydrogen-bond acceptors (Lipinski definition) is 4. The maximum atomic E-state index is 8.92. The van der Waals surface area contributed by atoms with Crippen molar-refractivity contribution >= 4 is 0 Å². The van der Waals surface area contributed by atoms with Crippen molar-refractivity contribution in [3.63, 3.8) is 0 Å². The predicted molar refractivity (Wildman–Crippen MR) is 91.2 cm³/mol. The number of aliphatic hydroxyl groups excluding tert-OH is 1. The molecule has 0 aromatic carbocycles. The Balaban J connectivity index is 3.98. The van der Waals surface area contributed by atoms with Gasteiger partial charge in [0.2, 0.25) is 0 Å². The van der Waals surface area contributed by atoms with E-state index in [-0.39, 0.29) is 24.9 Å². The van der Waals surface area contributed by atoms with Gasteiger partial charge in [-0.1, -0.05) is 33.6 Å². The Hall–Kier alpha value is -0.160. The van der Waals surface area contributed by atoms with E-state index in [2.05, 4.69) is 27.7 Å². The lowest BCUT2D eigenvalue weighted by atomic mass is 10.0. The van der Waals surface area contributed by atoms with Crippen molar-refractivity contribution in [3.05, 3.63) is 0 Å². The Morgan fingerprint density at radius 3 is 2.00 bits per heavy atom. The highest BCUT2D eigenvalue weighted by atomic mass is 16.6. The van der Waals surface area contributed by atoms with Crippen LogP contribution in [0.2, 0.25) is 0 Å². The van der Waals surface area contributed by atoms with E-state index in [1.54, 1.807) is 0 Å². The second-order valence-electron chi connectivity index (χ2n) is 6.81. The summed E-state index contributed by atoms with van der Waals surface area (Å²) in [5.74, 6) is 0.655. The normalized spacial score (nSPS) is 17.5. The van der Waals surface area contributed by atoms with Crippen LogP contribution in [0, 0.1) is 5.92 Å². The van der Waals surface area contributed by atoms with Gasteiger partial charge in [-0.15, -0.1) is 0 Å². The average Bonchev–Trinajstić information content (AvgIpc) is 2.47. The van der Waals surface area contributed by atoms with E-state index < -0.39 is 0 Å². The molecule has 0 aromatic heterocycles. The molecule has 0 saturated heterocycles. The summed E-state index contributed by atoms with van der Waals surface area (Å²) in [5, 5.41) is 8.92. The third kappa shape index (κ3) is 12.4. The van der Waals surface area contributed by atoms with Crippen molar-refractivity contribution in [2.45, 2.75) is 91.6 Å². The van der Waals surface area contributed by atoms with Crippen LogP contribution < -0.4 is 0 Å². The Morgan fingerprint density at radius 2 is 1.45 bits per heavy atom. The molecule has 0 aliphatic heterocycles. The molecule has 4 heteroatoms. The van der Waals surface area contributed by atoms with Crippen LogP contribution in [-0.4, -0.2) is 49.3 Å². The van der Waals surface area contributed by atoms with Crippen LogP contribution in [0.1, 0.15) is 67.2 Å². The van der Waals surface area contributed by atoms with Crippen LogP contribution in [0.5, 0.6) is 0 Å². The number of ether oxygens (including phenoxy) is 3. The van der Waals surface area contributed by atoms with Crippen molar-refractivity contribution in [1.82, 2.24) is 0 Å². The van der Waals surface area contributed by atoms with E-state index in [1.807, 2.05) is 13.8 Å². The molecule has 0 amide bonds. The third-order valence-corrected chi connectivity index (χ3v) is 3.53. The van der Waals surface area contributed by atoms with Gasteiger partial charge in [0.25, 0.3) is 0 Å². The molecule has 0 aliphatic carbocycles. The zero-order valence-corrected chi connectivity index (χ0v) is 15.5. The number of rotatable bonds is 14. The van der Waals surface area contributed by atoms with Gasteiger partial charge in [0.1, 0.15) is 0 Å². The fourth-order valence-electron chi connectivity index (χ4n) is 2.27. The summed E-state index contributed by atoms with van der Waals surface area (Å²) >= 11 is 0. The molecule has 0 rings (SSSR count). The summed E-state index contributed by atoms with van der Waals surface area (Å²) in [6.07, 6.45) is 4.97. The van der Waals surface area contributed by atoms with Crippen LogP contribution in [0.25, 0.3) is 0 Å². The van der Waals surface area contributed by atoms with Crippen molar-refractivity contribution in [2.75, 3.05) is 19.8 Å². The fraction of sp³-hybridized carbons (Fsp3) is 1.00. The van der Waals surface area contributed by atoms with Crippen LogP contribution in [0.3, 0.4) is 0 Å². The first-order valence-corrected chi connectivity index (χ1v) is 8.88. The van der Waals surface area contributed by atoms with E-state index in [0.29, 0.717) is 25.2 Å². The highest BCUT2D eigenvalue weighted by molar-refractivity contribution is 4.64. The second kappa shape index (κ2) is 13.3. The van der Waals surface area contributed by atoms with E-state index in [4.69, 9.17) is 19.3 Å². The largest absolute Gasteiger partial charge is 0.394 e. The summed E-state index contributed by atoms with van der Waals surface area (Å²) in [6, 6.07) is 0. The van der Waals surface area contributed by atoms with E-state index in [0.717, 1.165) is 12.8 Å². The van der Waals surface area contributed by atoms with Crippen molar-refractivity contribution in [1.29, 1.82) is 0 Å². The van der Waals surface area contributed by atoms with Gasteiger partial charge in [-0.05, 0) is 39.5 Å². The van der Waals surface area contributed by atoms with Gasteiger partial charge in [-0.25, -0.2) is 0 Å². The van der Waals surface area contributed by atoms with Crippen LogP contribution in [0.4, 0.5) is 0 Å². The van der Waals surface area contributed by atoms with Gasteiger partial charge >= 0.3 is 0 Å². The third-order valence-electron chi connectivity index (χ3n) is 3.53. The second-order valence-corrected chi connectivity index (χ2v) is 6.81. The minimum absolute atomic E-state index is 0.0132. The maximum Gasteiger partial charge on any atom is 0.0784 e. The summed E-state index contributed by atoms with van der Waals surface area (Å²) in [7, 11) is 0. The molecule has 0 spiro atoms. The molecule has 0 aliphatic rings. The first kappa shape index (κ1) is 21.8. The molecule has 4 atom stereocenters. The van der Waals surface area contributed by atoms with Gasteiger partial charge in [0.05, 0.1) is 44.2 Å². The van der Waals surface area contributed by atoms with Crippen molar-refractivity contribution in [3.8, 4) is 0 Å². The molecule has 0 radical (unpaired) electrons. The topological polar surface area (TPSA) is 47.9 Å². The fourth-order valence-corrected chi connectivity index (χ4v) is 2.27. The summed E-state index contributed by atoms with van der Waals surface area (Å²) < 4.78 is 17.4. The molecular formula is C18H38O4. The maximum absolute atomic E-state index is 8.92. The molecule has 22 heavy (non-hydrogen) atoms. The smallest absolute Gasteiger partial charge is 0.0784 e. The minimum Gasteiger partial charge on any atom is -0.394 e. The molecule has 0 heterocycles. The van der Waals surface area contributed by atoms with Crippen LogP contribution >= 0.6 is 0 Å². The molecule has 0 bridgehead atoms. The molecule has 0 aromatic rings. The number of hydrogen-bond donors (Lipinski definition) is 1. The monoisotopic (exact) mass is 318 g/mol. The zero-order chi connectivity index (χ0) is 17.0. The molecule has 4 nitrogen and oxygen atoms in total. The lowest BCUT2D eigenvalue weighted by Gasteiger charge is -2.25. The molecular weight excluding hydrogens is 280 g/mol. The Bertz CT molecular complexity index is 245. The summed E-state index contributed by atoms with van der Waals surface area (Å²) in [5.41, 5.74) is 0. The number of unbranched alkanes of at least 4 members (excludes halogenated alkanes) is 1. The molecule has 0 fully saturated rings. The van der Waals surface area contributed by atoms with Gasteiger partial charge in [0, 0.05) is 0 Å². The van der Waals surface area contributed by atoms with E-state index in [1.165, 1.54) is 12.8 Å². The number of aliphatic hydroxyl groups is 1. The van der Waals surface area contributed by atoms with Crippen LogP contribution in [0.15, 0.2) is 0 Å². The average molecular weight is 318 g/mol. The van der Waals surface area contributed by atoms with E-state index in [9.17, 15) is 0 Å². The lowest BCUT2D eigenvalue weighted by Crippen LogP contribution is -2.29. The predicted octanol–water partition coefficient (Wildman–Crippen LogP) is 3.80. The van der Waals surface area contributed by atoms with Gasteiger partial charge in [-0.2, -0.15) is 0 Å². The van der Waals surface area contributed by atoms with Gasteiger partial charge < -0.3 is 19.3 Å². The summed E-state index contributed by atoms with van der Waals surface area (Å²) in [6.45, 7) is 13.7. The van der Waals surface area contributed by atoms with Crippen LogP contribution in [-0.2, 0) is 14.2 Å².